The number of nitrogens with one attached hydrogen (secondary N) is 2. The van der Waals surface area contributed by atoms with Gasteiger partial charge in [-0.25, -0.2) is 18.1 Å². The molecule has 0 radical (unpaired) electrons. The van der Waals surface area contributed by atoms with Crippen molar-refractivity contribution in [3.63, 3.8) is 0 Å². The number of amides is 1. The van der Waals surface area contributed by atoms with Gasteiger partial charge in [-0.3, -0.25) is 9.78 Å². The van der Waals surface area contributed by atoms with E-state index in [0.29, 0.717) is 24.0 Å². The number of anilines is 1. The second-order valence-corrected chi connectivity index (χ2v) is 9.47. The van der Waals surface area contributed by atoms with Crippen molar-refractivity contribution in [3.05, 3.63) is 84.8 Å². The van der Waals surface area contributed by atoms with Crippen LogP contribution in [-0.2, 0) is 21.2 Å². The lowest BCUT2D eigenvalue weighted by molar-refractivity contribution is -0.121. The number of benzene rings is 2. The maximum absolute atomic E-state index is 12.7. The molecule has 2 aromatic carbocycles. The van der Waals surface area contributed by atoms with Crippen LogP contribution >= 0.6 is 0 Å². The molecule has 0 aliphatic carbocycles. The SMILES string of the molecule is Nc1ncccc1-c1ccc(CCC(=O)NCCNS(=O)(=O)c2cccc3cnccc23)cc1. The third-order valence-electron chi connectivity index (χ3n) is 5.41. The summed E-state index contributed by atoms with van der Waals surface area (Å²) in [6, 6.07) is 18.3. The third-order valence-corrected chi connectivity index (χ3v) is 6.93. The second kappa shape index (κ2) is 10.4. The predicted octanol–water partition coefficient (Wildman–Crippen LogP) is 2.91. The minimum absolute atomic E-state index is 0.0940. The van der Waals surface area contributed by atoms with Crippen molar-refractivity contribution in [1.82, 2.24) is 20.0 Å². The number of carbonyl (C=O) groups excluding carboxylic acids is 1. The summed E-state index contributed by atoms with van der Waals surface area (Å²) in [5.41, 5.74) is 8.78. The Kier molecular flexibility index (Phi) is 7.15. The van der Waals surface area contributed by atoms with Crippen LogP contribution in [0.5, 0.6) is 0 Å². The molecule has 4 aromatic rings. The van der Waals surface area contributed by atoms with Crippen molar-refractivity contribution in [2.45, 2.75) is 17.7 Å². The van der Waals surface area contributed by atoms with E-state index in [0.717, 1.165) is 22.1 Å². The van der Waals surface area contributed by atoms with E-state index in [2.05, 4.69) is 20.0 Å². The standard InChI is InChI=1S/C25H25N5O3S/c26-25-22(4-2-13-29-25)19-9-6-18(7-10-19)8-11-24(31)28-15-16-30-34(32,33)23-5-1-3-20-17-27-14-12-21(20)23/h1-7,9-10,12-14,17,30H,8,11,15-16H2,(H2,26,29)(H,28,31). The lowest BCUT2D eigenvalue weighted by atomic mass is 10.0. The molecule has 0 aliphatic heterocycles. The first kappa shape index (κ1) is 23.3. The van der Waals surface area contributed by atoms with Crippen molar-refractivity contribution in [3.8, 4) is 11.1 Å². The fourth-order valence-corrected chi connectivity index (χ4v) is 4.91. The Labute approximate surface area is 198 Å². The molecule has 4 rings (SSSR count). The Morgan fingerprint density at radius 2 is 1.76 bits per heavy atom. The Morgan fingerprint density at radius 3 is 2.56 bits per heavy atom. The Morgan fingerprint density at radius 1 is 0.941 bits per heavy atom. The van der Waals surface area contributed by atoms with Gasteiger partial charge in [0.15, 0.2) is 0 Å². The zero-order chi connectivity index (χ0) is 24.0. The lowest BCUT2D eigenvalue weighted by Crippen LogP contribution is -2.34. The van der Waals surface area contributed by atoms with Crippen molar-refractivity contribution in [1.29, 1.82) is 0 Å². The molecule has 0 spiro atoms. The summed E-state index contributed by atoms with van der Waals surface area (Å²) < 4.78 is 27.9. The Bertz CT molecular complexity index is 1400. The van der Waals surface area contributed by atoms with Gasteiger partial charge in [0.2, 0.25) is 15.9 Å². The highest BCUT2D eigenvalue weighted by molar-refractivity contribution is 7.89. The molecule has 8 nitrogen and oxygen atoms in total. The summed E-state index contributed by atoms with van der Waals surface area (Å²) in [5, 5.41) is 4.11. The van der Waals surface area contributed by atoms with E-state index in [1.54, 1.807) is 36.8 Å². The molecule has 0 saturated heterocycles. The smallest absolute Gasteiger partial charge is 0.241 e. The molecule has 1 amide bonds. The van der Waals surface area contributed by atoms with Crippen molar-refractivity contribution < 1.29 is 13.2 Å². The van der Waals surface area contributed by atoms with Crippen molar-refractivity contribution in [2.24, 2.45) is 0 Å². The average molecular weight is 476 g/mol. The topological polar surface area (TPSA) is 127 Å². The van der Waals surface area contributed by atoms with Gasteiger partial charge < -0.3 is 11.1 Å². The summed E-state index contributed by atoms with van der Waals surface area (Å²) in [5.74, 6) is 0.332. The van der Waals surface area contributed by atoms with Gasteiger partial charge in [-0.15, -0.1) is 0 Å². The molecule has 2 aromatic heterocycles. The summed E-state index contributed by atoms with van der Waals surface area (Å²) in [6.07, 6.45) is 5.71. The highest BCUT2D eigenvalue weighted by Crippen LogP contribution is 2.24. The summed E-state index contributed by atoms with van der Waals surface area (Å²) >= 11 is 0. The van der Waals surface area contributed by atoms with Crippen LogP contribution in [0.1, 0.15) is 12.0 Å². The van der Waals surface area contributed by atoms with Crippen molar-refractivity contribution in [2.75, 3.05) is 18.8 Å². The van der Waals surface area contributed by atoms with E-state index in [1.165, 1.54) is 0 Å². The first-order valence-electron chi connectivity index (χ1n) is 10.8. The van der Waals surface area contributed by atoms with E-state index in [9.17, 15) is 13.2 Å². The van der Waals surface area contributed by atoms with Crippen LogP contribution in [0.2, 0.25) is 0 Å². The van der Waals surface area contributed by atoms with Crippen LogP contribution in [0.4, 0.5) is 5.82 Å². The van der Waals surface area contributed by atoms with Crippen molar-refractivity contribution >= 4 is 32.5 Å². The second-order valence-electron chi connectivity index (χ2n) is 7.73. The third kappa shape index (κ3) is 5.56. The van der Waals surface area contributed by atoms with Gasteiger partial charge in [-0.1, -0.05) is 36.4 Å². The number of aryl methyl sites for hydroxylation is 1. The van der Waals surface area contributed by atoms with Gasteiger partial charge in [0.1, 0.15) is 5.82 Å². The molecular formula is C25H25N5O3S. The lowest BCUT2D eigenvalue weighted by Gasteiger charge is -2.10. The number of hydrogen-bond acceptors (Lipinski definition) is 6. The molecule has 0 aliphatic rings. The minimum atomic E-state index is -3.71. The maximum Gasteiger partial charge on any atom is 0.241 e. The predicted molar refractivity (Wildman–Crippen MR) is 132 cm³/mol. The molecule has 0 fully saturated rings. The molecule has 9 heteroatoms. The largest absolute Gasteiger partial charge is 0.383 e. The highest BCUT2D eigenvalue weighted by Gasteiger charge is 2.16. The normalized spacial score (nSPS) is 11.4. The molecule has 174 valence electrons. The summed E-state index contributed by atoms with van der Waals surface area (Å²) in [7, 11) is -3.71. The van der Waals surface area contributed by atoms with Gasteiger partial charge in [-0.05, 0) is 41.8 Å². The summed E-state index contributed by atoms with van der Waals surface area (Å²) in [6.45, 7) is 0.292. The highest BCUT2D eigenvalue weighted by atomic mass is 32.2. The van der Waals surface area contributed by atoms with Crippen LogP contribution in [0.15, 0.2) is 84.1 Å². The fourth-order valence-electron chi connectivity index (χ4n) is 3.65. The fraction of sp³-hybridized carbons (Fsp3) is 0.160. The Hall–Kier alpha value is -3.82. The number of nitrogens with zero attached hydrogens (tertiary/aromatic N) is 2. The van der Waals surface area contributed by atoms with Crippen LogP contribution in [0.3, 0.4) is 0 Å². The molecule has 0 unspecified atom stereocenters. The number of pyridine rings is 2. The summed E-state index contributed by atoms with van der Waals surface area (Å²) in [4.78, 5) is 20.5. The number of nitrogen functional groups attached to an aromatic ring is 1. The van der Waals surface area contributed by atoms with E-state index >= 15 is 0 Å². The molecule has 0 saturated carbocycles. The Balaban J connectivity index is 1.24. The number of sulfonamides is 1. The first-order chi connectivity index (χ1) is 16.4. The first-order valence-corrected chi connectivity index (χ1v) is 12.3. The average Bonchev–Trinajstić information content (AvgIpc) is 2.86. The van der Waals surface area contributed by atoms with Crippen LogP contribution in [0, 0.1) is 0 Å². The minimum Gasteiger partial charge on any atom is -0.383 e. The van der Waals surface area contributed by atoms with Gasteiger partial charge in [0, 0.05) is 54.4 Å². The monoisotopic (exact) mass is 475 g/mol. The van der Waals surface area contributed by atoms with Gasteiger partial charge in [0.25, 0.3) is 0 Å². The zero-order valence-corrected chi connectivity index (χ0v) is 19.3. The van der Waals surface area contributed by atoms with E-state index in [4.69, 9.17) is 5.73 Å². The number of nitrogens with two attached hydrogens (primary N) is 1. The number of rotatable bonds is 9. The molecule has 0 bridgehead atoms. The van der Waals surface area contributed by atoms with Crippen LogP contribution < -0.4 is 15.8 Å². The van der Waals surface area contributed by atoms with Crippen LogP contribution in [-0.4, -0.2) is 37.4 Å². The van der Waals surface area contributed by atoms with Gasteiger partial charge >= 0.3 is 0 Å². The number of hydrogen-bond donors (Lipinski definition) is 3. The van der Waals surface area contributed by atoms with Gasteiger partial charge in [-0.2, -0.15) is 0 Å². The van der Waals surface area contributed by atoms with E-state index in [1.807, 2.05) is 42.5 Å². The zero-order valence-electron chi connectivity index (χ0n) is 18.4. The maximum atomic E-state index is 12.7. The molecule has 34 heavy (non-hydrogen) atoms. The molecule has 4 N–H and O–H groups in total. The number of aromatic nitrogens is 2. The quantitative estimate of drug-likeness (QED) is 0.320. The van der Waals surface area contributed by atoms with E-state index in [-0.39, 0.29) is 23.9 Å². The number of fused-ring (bicyclic) bond motifs is 1. The molecule has 0 atom stereocenters. The molecular weight excluding hydrogens is 450 g/mol. The number of carbonyl (C=O) groups is 1. The van der Waals surface area contributed by atoms with E-state index < -0.39 is 10.0 Å². The molecule has 2 heterocycles. The van der Waals surface area contributed by atoms with Crippen LogP contribution in [0.25, 0.3) is 21.9 Å². The van der Waals surface area contributed by atoms with Gasteiger partial charge in [0.05, 0.1) is 4.90 Å².